The third kappa shape index (κ3) is 1.96. The number of nitrogens with zero attached hydrogens (tertiary/aromatic N) is 2. The summed E-state index contributed by atoms with van der Waals surface area (Å²) in [5, 5.41) is 2.51. The molecule has 104 valence electrons. The van der Waals surface area contributed by atoms with E-state index in [4.69, 9.17) is 11.6 Å². The number of carbonyl (C=O) groups is 1. The minimum atomic E-state index is 0.152. The predicted molar refractivity (Wildman–Crippen MR) is 84.2 cm³/mol. The summed E-state index contributed by atoms with van der Waals surface area (Å²) in [4.78, 5) is 18.3. The Hall–Kier alpha value is -2.13. The number of hydrogen-bond acceptors (Lipinski definition) is 2. The summed E-state index contributed by atoms with van der Waals surface area (Å²) in [7, 11) is 0. The summed E-state index contributed by atoms with van der Waals surface area (Å²) in [5.41, 5.74) is 1.97. The monoisotopic (exact) mass is 296 g/mol. The van der Waals surface area contributed by atoms with Gasteiger partial charge in [-0.1, -0.05) is 29.8 Å². The van der Waals surface area contributed by atoms with E-state index in [2.05, 4.69) is 11.1 Å². The van der Waals surface area contributed by atoms with Gasteiger partial charge in [0, 0.05) is 46.9 Å². The van der Waals surface area contributed by atoms with E-state index in [1.165, 1.54) is 0 Å². The van der Waals surface area contributed by atoms with Crippen LogP contribution in [0.1, 0.15) is 12.8 Å². The number of benzene rings is 1. The Bertz CT molecular complexity index is 810. The molecule has 2 aliphatic rings. The molecule has 1 saturated heterocycles. The maximum atomic E-state index is 12.4. The predicted octanol–water partition coefficient (Wildman–Crippen LogP) is 4.08. The van der Waals surface area contributed by atoms with Crippen LogP contribution in [0.5, 0.6) is 0 Å². The summed E-state index contributed by atoms with van der Waals surface area (Å²) < 4.78 is 0. The molecule has 1 aromatic heterocycles. The molecule has 3 nitrogen and oxygen atoms in total. The lowest BCUT2D eigenvalue weighted by Crippen LogP contribution is -2.23. The van der Waals surface area contributed by atoms with Gasteiger partial charge in [-0.2, -0.15) is 0 Å². The Morgan fingerprint density at radius 1 is 1.29 bits per heavy atom. The van der Waals surface area contributed by atoms with E-state index in [0.717, 1.165) is 28.6 Å². The molecule has 0 N–H and O–H groups in total. The zero-order valence-electron chi connectivity index (χ0n) is 11.3. The second-order valence-corrected chi connectivity index (χ2v) is 5.82. The van der Waals surface area contributed by atoms with Crippen molar-refractivity contribution >= 4 is 34.0 Å². The van der Waals surface area contributed by atoms with E-state index in [0.29, 0.717) is 17.4 Å². The summed E-state index contributed by atoms with van der Waals surface area (Å²) in [5.74, 6) is 0.464. The third-order valence-electron chi connectivity index (χ3n) is 4.12. The minimum absolute atomic E-state index is 0.152. The van der Waals surface area contributed by atoms with Crippen molar-refractivity contribution in [3.05, 3.63) is 59.5 Å². The lowest BCUT2D eigenvalue weighted by molar-refractivity contribution is -0.117. The molecule has 1 fully saturated rings. The van der Waals surface area contributed by atoms with Crippen molar-refractivity contribution in [1.29, 1.82) is 0 Å². The van der Waals surface area contributed by atoms with Gasteiger partial charge in [0.1, 0.15) is 0 Å². The highest BCUT2D eigenvalue weighted by Gasteiger charge is 2.35. The molecule has 2 aromatic rings. The fourth-order valence-electron chi connectivity index (χ4n) is 3.11. The Labute approximate surface area is 127 Å². The van der Waals surface area contributed by atoms with Crippen molar-refractivity contribution in [2.24, 2.45) is 5.92 Å². The van der Waals surface area contributed by atoms with Gasteiger partial charge in [0.05, 0.1) is 5.02 Å². The number of allylic oxidation sites excluding steroid dienone is 4. The van der Waals surface area contributed by atoms with Crippen LogP contribution < -0.4 is 4.90 Å². The van der Waals surface area contributed by atoms with Crippen LogP contribution in [0, 0.1) is 5.92 Å². The first-order valence-corrected chi connectivity index (χ1v) is 7.35. The first-order valence-electron chi connectivity index (χ1n) is 6.97. The first kappa shape index (κ1) is 12.6. The Morgan fingerprint density at radius 3 is 3.10 bits per heavy atom. The molecule has 1 amide bonds. The smallest absolute Gasteiger partial charge is 0.231 e. The first-order chi connectivity index (χ1) is 10.2. The molecule has 4 rings (SSSR count). The standard InChI is InChI=1S/C17H13ClN2O/c18-15-10-19-9-12-5-6-13(8-14(12)15)20-16-4-2-1-3-11(16)7-17(20)21/h1-2,4-6,8-11H,3,7H2. The largest absolute Gasteiger partial charge is 0.285 e. The summed E-state index contributed by atoms with van der Waals surface area (Å²) in [6.45, 7) is 0. The minimum Gasteiger partial charge on any atom is -0.285 e. The number of aromatic nitrogens is 1. The molecular weight excluding hydrogens is 284 g/mol. The van der Waals surface area contributed by atoms with Crippen LogP contribution in [0.15, 0.2) is 54.5 Å². The van der Waals surface area contributed by atoms with Crippen LogP contribution in [0.2, 0.25) is 5.02 Å². The van der Waals surface area contributed by atoms with Gasteiger partial charge in [0.15, 0.2) is 0 Å². The van der Waals surface area contributed by atoms with E-state index < -0.39 is 0 Å². The van der Waals surface area contributed by atoms with Gasteiger partial charge in [-0.15, -0.1) is 0 Å². The molecular formula is C17H13ClN2O. The molecule has 2 heterocycles. The molecule has 0 saturated carbocycles. The quantitative estimate of drug-likeness (QED) is 0.794. The number of pyridine rings is 1. The van der Waals surface area contributed by atoms with Crippen LogP contribution in [0.25, 0.3) is 10.8 Å². The number of halogens is 1. The highest BCUT2D eigenvalue weighted by molar-refractivity contribution is 6.35. The molecule has 0 spiro atoms. The van der Waals surface area contributed by atoms with Crippen LogP contribution in [-0.4, -0.2) is 10.9 Å². The Morgan fingerprint density at radius 2 is 2.19 bits per heavy atom. The van der Waals surface area contributed by atoms with Gasteiger partial charge in [-0.3, -0.25) is 14.7 Å². The number of amides is 1. The normalized spacial score (nSPS) is 20.8. The van der Waals surface area contributed by atoms with Crippen molar-refractivity contribution < 1.29 is 4.79 Å². The van der Waals surface area contributed by atoms with Gasteiger partial charge in [-0.05, 0) is 24.6 Å². The fraction of sp³-hybridized carbons (Fsp3) is 0.176. The topological polar surface area (TPSA) is 33.2 Å². The molecule has 1 unspecified atom stereocenters. The average molecular weight is 297 g/mol. The van der Waals surface area contributed by atoms with Gasteiger partial charge < -0.3 is 0 Å². The molecule has 21 heavy (non-hydrogen) atoms. The summed E-state index contributed by atoms with van der Waals surface area (Å²) >= 11 is 6.22. The SMILES string of the molecule is O=C1CC2CC=CC=C2N1c1ccc2cncc(Cl)c2c1. The van der Waals surface area contributed by atoms with Crippen molar-refractivity contribution in [1.82, 2.24) is 4.98 Å². The zero-order valence-corrected chi connectivity index (χ0v) is 12.0. The van der Waals surface area contributed by atoms with Gasteiger partial charge >= 0.3 is 0 Å². The lowest BCUT2D eigenvalue weighted by Gasteiger charge is -2.22. The number of anilines is 1. The number of fused-ring (bicyclic) bond motifs is 2. The van der Waals surface area contributed by atoms with Crippen LogP contribution >= 0.6 is 11.6 Å². The van der Waals surface area contributed by atoms with Gasteiger partial charge in [-0.25, -0.2) is 0 Å². The van der Waals surface area contributed by atoms with E-state index in [-0.39, 0.29) is 5.91 Å². The average Bonchev–Trinajstić information content (AvgIpc) is 2.83. The maximum Gasteiger partial charge on any atom is 0.231 e. The van der Waals surface area contributed by atoms with E-state index in [1.807, 2.05) is 35.3 Å². The molecule has 1 aromatic carbocycles. The maximum absolute atomic E-state index is 12.4. The summed E-state index contributed by atoms with van der Waals surface area (Å²) in [6, 6.07) is 5.89. The number of rotatable bonds is 1. The molecule has 0 bridgehead atoms. The zero-order chi connectivity index (χ0) is 14.4. The molecule has 1 aliphatic heterocycles. The van der Waals surface area contributed by atoms with Gasteiger partial charge in [0.2, 0.25) is 5.91 Å². The van der Waals surface area contributed by atoms with Gasteiger partial charge in [0.25, 0.3) is 0 Å². The second-order valence-electron chi connectivity index (χ2n) is 5.41. The molecule has 1 aliphatic carbocycles. The highest BCUT2D eigenvalue weighted by atomic mass is 35.5. The molecule has 0 radical (unpaired) electrons. The van der Waals surface area contributed by atoms with Crippen LogP contribution in [0.4, 0.5) is 5.69 Å². The van der Waals surface area contributed by atoms with Crippen molar-refractivity contribution in [3.63, 3.8) is 0 Å². The Kier molecular flexibility index (Phi) is 2.82. The molecule has 4 heteroatoms. The van der Waals surface area contributed by atoms with Crippen molar-refractivity contribution in [3.8, 4) is 0 Å². The third-order valence-corrected chi connectivity index (χ3v) is 4.43. The fourth-order valence-corrected chi connectivity index (χ4v) is 3.33. The number of carbonyl (C=O) groups excluding carboxylic acids is 1. The van der Waals surface area contributed by atoms with Crippen molar-refractivity contribution in [2.45, 2.75) is 12.8 Å². The number of hydrogen-bond donors (Lipinski definition) is 0. The Balaban J connectivity index is 1.86. The van der Waals surface area contributed by atoms with Crippen molar-refractivity contribution in [2.75, 3.05) is 4.90 Å². The van der Waals surface area contributed by atoms with E-state index in [9.17, 15) is 4.79 Å². The lowest BCUT2D eigenvalue weighted by atomic mass is 9.97. The van der Waals surface area contributed by atoms with E-state index >= 15 is 0 Å². The van der Waals surface area contributed by atoms with Crippen LogP contribution in [-0.2, 0) is 4.79 Å². The summed E-state index contributed by atoms with van der Waals surface area (Å²) in [6.07, 6.45) is 11.1. The van der Waals surface area contributed by atoms with E-state index in [1.54, 1.807) is 12.4 Å². The highest BCUT2D eigenvalue weighted by Crippen LogP contribution is 2.39. The molecule has 1 atom stereocenters. The second kappa shape index (κ2) is 4.71. The van der Waals surface area contributed by atoms with Crippen LogP contribution in [0.3, 0.4) is 0 Å².